The van der Waals surface area contributed by atoms with Gasteiger partial charge >= 0.3 is 0 Å². The van der Waals surface area contributed by atoms with E-state index in [1.807, 2.05) is 66.7 Å². The van der Waals surface area contributed by atoms with Crippen molar-refractivity contribution in [1.29, 1.82) is 0 Å². The molecule has 0 spiro atoms. The summed E-state index contributed by atoms with van der Waals surface area (Å²) in [5.74, 6) is 0. The third-order valence-corrected chi connectivity index (χ3v) is 4.78. The van der Waals surface area contributed by atoms with E-state index in [1.54, 1.807) is 0 Å². The molecule has 5 aromatic rings. The molecule has 0 heteroatoms. The second-order valence-corrected chi connectivity index (χ2v) is 6.31. The summed E-state index contributed by atoms with van der Waals surface area (Å²) in [5.41, 5.74) is 3.89. The van der Waals surface area contributed by atoms with E-state index in [0.29, 0.717) is 10.8 Å². The van der Waals surface area contributed by atoms with Crippen LogP contribution in [-0.4, -0.2) is 0 Å². The normalized spacial score (nSPS) is 13.2. The van der Waals surface area contributed by atoms with Crippen LogP contribution >= 0.6 is 0 Å². The first kappa shape index (κ1) is 11.3. The molecule has 0 fully saturated rings. The number of rotatable bonds is 2. The molecule has 122 valence electrons. The zero-order valence-corrected chi connectivity index (χ0v) is 14.1. The predicted molar refractivity (Wildman–Crippen MR) is 112 cm³/mol. The Bertz CT molecular complexity index is 1420. The average Bonchev–Trinajstić information content (AvgIpc) is 2.80. The molecule has 0 aromatic heterocycles. The average molecular weight is 334 g/mol. The fraction of sp³-hybridized carbons (Fsp3) is 0. The maximum absolute atomic E-state index is 8.68. The summed E-state index contributed by atoms with van der Waals surface area (Å²) in [6, 6.07) is 27.5. The van der Waals surface area contributed by atoms with E-state index < -0.39 is 0 Å². The Kier molecular flexibility index (Phi) is 2.67. The minimum atomic E-state index is -0.207. The van der Waals surface area contributed by atoms with E-state index >= 15 is 0 Å². The summed E-state index contributed by atoms with van der Waals surface area (Å²) in [4.78, 5) is 0. The van der Waals surface area contributed by atoms with Crippen LogP contribution in [0.25, 0.3) is 43.8 Å². The molecule has 0 saturated carbocycles. The van der Waals surface area contributed by atoms with Crippen molar-refractivity contribution in [2.45, 2.75) is 0 Å². The number of benzene rings is 5. The minimum absolute atomic E-state index is 0.00445. The molecule has 0 N–H and O–H groups in total. The fourth-order valence-electron chi connectivity index (χ4n) is 3.62. The van der Waals surface area contributed by atoms with Crippen LogP contribution in [0.15, 0.2) is 109 Å². The molecule has 5 aromatic carbocycles. The van der Waals surface area contributed by atoms with E-state index in [9.17, 15) is 0 Å². The van der Waals surface area contributed by atoms with Gasteiger partial charge in [-0.2, -0.15) is 0 Å². The highest BCUT2D eigenvalue weighted by Gasteiger charge is 2.13. The van der Waals surface area contributed by atoms with Crippen molar-refractivity contribution < 1.29 is 5.48 Å². The molecule has 0 nitrogen and oxygen atoms in total. The Morgan fingerprint density at radius 1 is 0.538 bits per heavy atom. The van der Waals surface area contributed by atoms with Gasteiger partial charge in [-0.25, -0.2) is 0 Å². The van der Waals surface area contributed by atoms with Gasteiger partial charge in [0.25, 0.3) is 0 Å². The molecule has 0 unspecified atom stereocenters. The third kappa shape index (κ3) is 2.39. The maximum atomic E-state index is 8.68. The van der Waals surface area contributed by atoms with Gasteiger partial charge in [-0.05, 0) is 49.9 Å². The molecule has 0 saturated heterocycles. The lowest BCUT2D eigenvalue weighted by molar-refractivity contribution is 1.61. The highest BCUT2D eigenvalue weighted by atomic mass is 14.2. The van der Waals surface area contributed by atoms with Crippen LogP contribution in [0, 0.1) is 0 Å². The van der Waals surface area contributed by atoms with E-state index in [0.717, 1.165) is 33.0 Å². The summed E-state index contributed by atoms with van der Waals surface area (Å²) < 4.78 is 33.6. The van der Waals surface area contributed by atoms with Crippen molar-refractivity contribution in [1.82, 2.24) is 0 Å². The van der Waals surface area contributed by atoms with Crippen LogP contribution < -0.4 is 0 Å². The van der Waals surface area contributed by atoms with Gasteiger partial charge in [0, 0.05) is 0 Å². The summed E-state index contributed by atoms with van der Waals surface area (Å²) in [7, 11) is 0. The molecule has 0 aliphatic rings. The van der Waals surface area contributed by atoms with E-state index in [-0.39, 0.29) is 24.2 Å². The monoisotopic (exact) mass is 334 g/mol. The van der Waals surface area contributed by atoms with Gasteiger partial charge in [0.1, 0.15) is 0 Å². The molecule has 5 rings (SSSR count). The molecule has 0 atom stereocenters. The molecule has 26 heavy (non-hydrogen) atoms. The van der Waals surface area contributed by atoms with Crippen LogP contribution in [0.2, 0.25) is 0 Å². The second kappa shape index (κ2) is 6.16. The summed E-state index contributed by atoms with van der Waals surface area (Å²) in [5, 5.41) is 3.02. The zero-order chi connectivity index (χ0) is 20.8. The quantitative estimate of drug-likeness (QED) is 0.296. The zero-order valence-electron chi connectivity index (χ0n) is 18.1. The minimum Gasteiger partial charge on any atom is -0.0622 e. The van der Waals surface area contributed by atoms with Crippen molar-refractivity contribution in [2.24, 2.45) is 0 Å². The summed E-state index contributed by atoms with van der Waals surface area (Å²) in [6.07, 6.45) is 0. The first-order valence-electron chi connectivity index (χ1n) is 10.6. The van der Waals surface area contributed by atoms with Crippen molar-refractivity contribution >= 4 is 21.5 Å². The molecule has 0 aliphatic carbocycles. The lowest BCUT2D eigenvalue weighted by Crippen LogP contribution is -1.89. The SMILES string of the molecule is [2H]c1c([2H])c([2H])c2c(-c3ccccc3-c3ccccc3)c3ccccc3cc2c1[2H]. The highest BCUT2D eigenvalue weighted by Crippen LogP contribution is 2.40. The highest BCUT2D eigenvalue weighted by molar-refractivity contribution is 6.14. The van der Waals surface area contributed by atoms with Gasteiger partial charge in [0.05, 0.1) is 5.48 Å². The fourth-order valence-corrected chi connectivity index (χ4v) is 3.62. The van der Waals surface area contributed by atoms with Gasteiger partial charge < -0.3 is 0 Å². The van der Waals surface area contributed by atoms with Crippen LogP contribution in [0.5, 0.6) is 0 Å². The van der Waals surface area contributed by atoms with Gasteiger partial charge in [0.2, 0.25) is 0 Å². The van der Waals surface area contributed by atoms with Gasteiger partial charge in [-0.15, -0.1) is 0 Å². The van der Waals surface area contributed by atoms with Crippen LogP contribution in [-0.2, 0) is 0 Å². The Hall–Kier alpha value is -3.38. The molecule has 0 bridgehead atoms. The molecule has 0 radical (unpaired) electrons. The Morgan fingerprint density at radius 3 is 2.12 bits per heavy atom. The lowest BCUT2D eigenvalue weighted by Gasteiger charge is -2.16. The summed E-state index contributed by atoms with van der Waals surface area (Å²) in [6.45, 7) is 0. The smallest absolute Gasteiger partial charge is 0.0622 e. The first-order valence-corrected chi connectivity index (χ1v) is 8.64. The molecular formula is C26H18. The Morgan fingerprint density at radius 2 is 1.23 bits per heavy atom. The molecular weight excluding hydrogens is 312 g/mol. The van der Waals surface area contributed by atoms with Crippen LogP contribution in [0.4, 0.5) is 0 Å². The van der Waals surface area contributed by atoms with Crippen LogP contribution in [0.3, 0.4) is 0 Å². The van der Waals surface area contributed by atoms with Crippen LogP contribution in [0.1, 0.15) is 5.48 Å². The van der Waals surface area contributed by atoms with E-state index in [1.165, 1.54) is 0 Å². The molecule has 0 aliphatic heterocycles. The lowest BCUT2D eigenvalue weighted by atomic mass is 9.88. The topological polar surface area (TPSA) is 0 Å². The Labute approximate surface area is 159 Å². The van der Waals surface area contributed by atoms with Crippen molar-refractivity contribution in [3.05, 3.63) is 109 Å². The van der Waals surface area contributed by atoms with E-state index in [2.05, 4.69) is 18.2 Å². The molecule has 0 heterocycles. The largest absolute Gasteiger partial charge is 0.0629 e. The summed E-state index contributed by atoms with van der Waals surface area (Å²) >= 11 is 0. The first-order chi connectivity index (χ1) is 14.6. The van der Waals surface area contributed by atoms with E-state index in [4.69, 9.17) is 5.48 Å². The van der Waals surface area contributed by atoms with Gasteiger partial charge in [-0.1, -0.05) is 103 Å². The molecule has 0 amide bonds. The number of fused-ring (bicyclic) bond motifs is 2. The number of hydrogen-bond donors (Lipinski definition) is 0. The van der Waals surface area contributed by atoms with Crippen molar-refractivity contribution in [2.75, 3.05) is 0 Å². The Balaban J connectivity index is 2.02. The predicted octanol–water partition coefficient (Wildman–Crippen LogP) is 7.33. The van der Waals surface area contributed by atoms with Gasteiger partial charge in [0.15, 0.2) is 0 Å². The van der Waals surface area contributed by atoms with Crippen molar-refractivity contribution in [3.63, 3.8) is 0 Å². The number of hydrogen-bond acceptors (Lipinski definition) is 0. The third-order valence-electron chi connectivity index (χ3n) is 4.78. The maximum Gasteiger partial charge on any atom is 0.0629 e. The van der Waals surface area contributed by atoms with Crippen molar-refractivity contribution in [3.8, 4) is 22.3 Å². The standard InChI is InChI=1S/C26H18/c1-2-10-19(11-3-1)22-14-8-9-17-25(22)26-23-15-6-4-12-20(23)18-21-13-5-7-16-24(21)26/h1-18H/i4D,6D,12D,15D. The second-order valence-electron chi connectivity index (χ2n) is 6.31. The van der Waals surface area contributed by atoms with Gasteiger partial charge in [-0.3, -0.25) is 0 Å².